The number of hydrogen-bond donors (Lipinski definition) is 4. The SMILES string of the molecule is CC(C(=O)CBr)c1ccc(O)c2[nH]cc(-c3cnc(-c4c[nH]c5cc(Br)ccc45)c(=O)[nH]3)c12. The predicted octanol–water partition coefficient (Wildman–Crippen LogP) is 5.60. The summed E-state index contributed by atoms with van der Waals surface area (Å²) in [4.78, 5) is 39.1. The fraction of sp³-hybridized carbons (Fsp3) is 0.125. The van der Waals surface area contributed by atoms with Crippen molar-refractivity contribution in [2.75, 3.05) is 5.33 Å². The maximum absolute atomic E-state index is 13.1. The van der Waals surface area contributed by atoms with Crippen LogP contribution in [-0.2, 0) is 4.79 Å². The van der Waals surface area contributed by atoms with Gasteiger partial charge in [-0.25, -0.2) is 4.98 Å². The first kappa shape index (κ1) is 21.7. The minimum atomic E-state index is -0.397. The van der Waals surface area contributed by atoms with Crippen LogP contribution in [0.3, 0.4) is 0 Å². The van der Waals surface area contributed by atoms with Gasteiger partial charge >= 0.3 is 0 Å². The second kappa shape index (κ2) is 8.31. The highest BCUT2D eigenvalue weighted by Crippen LogP contribution is 2.38. The Morgan fingerprint density at radius 1 is 1.15 bits per heavy atom. The molecule has 0 aliphatic carbocycles. The Morgan fingerprint density at radius 2 is 1.94 bits per heavy atom. The highest BCUT2D eigenvalue weighted by Gasteiger charge is 2.22. The van der Waals surface area contributed by atoms with Crippen LogP contribution in [0.4, 0.5) is 0 Å². The lowest BCUT2D eigenvalue weighted by molar-refractivity contribution is -0.117. The fourth-order valence-corrected chi connectivity index (χ4v) is 4.99. The number of nitrogens with zero attached hydrogens (tertiary/aromatic N) is 1. The molecular formula is C24H18Br2N4O3. The number of aromatic amines is 3. The third kappa shape index (κ3) is 3.61. The first-order valence-electron chi connectivity index (χ1n) is 10.2. The number of phenols is 1. The van der Waals surface area contributed by atoms with Crippen LogP contribution in [0, 0.1) is 0 Å². The van der Waals surface area contributed by atoms with Crippen molar-refractivity contribution in [2.45, 2.75) is 12.8 Å². The summed E-state index contributed by atoms with van der Waals surface area (Å²) in [5.41, 5.74) is 3.98. The molecule has 7 nitrogen and oxygen atoms in total. The number of phenolic OH excluding ortho intramolecular Hbond substituents is 1. The summed E-state index contributed by atoms with van der Waals surface area (Å²) >= 11 is 6.68. The molecule has 0 saturated heterocycles. The lowest BCUT2D eigenvalue weighted by atomic mass is 9.92. The van der Waals surface area contributed by atoms with E-state index in [1.807, 2.05) is 25.1 Å². The van der Waals surface area contributed by atoms with Crippen molar-refractivity contribution in [1.29, 1.82) is 0 Å². The lowest BCUT2D eigenvalue weighted by Crippen LogP contribution is -2.12. The van der Waals surface area contributed by atoms with E-state index in [-0.39, 0.29) is 22.4 Å². The highest BCUT2D eigenvalue weighted by molar-refractivity contribution is 9.10. The van der Waals surface area contributed by atoms with Crippen LogP contribution in [0.25, 0.3) is 44.3 Å². The molecule has 5 aromatic rings. The quantitative estimate of drug-likeness (QED) is 0.206. The number of rotatable bonds is 5. The van der Waals surface area contributed by atoms with E-state index in [2.05, 4.69) is 51.8 Å². The number of aromatic nitrogens is 4. The van der Waals surface area contributed by atoms with E-state index in [9.17, 15) is 14.7 Å². The van der Waals surface area contributed by atoms with E-state index in [1.165, 1.54) is 0 Å². The van der Waals surface area contributed by atoms with Crippen molar-refractivity contribution in [1.82, 2.24) is 19.9 Å². The summed E-state index contributed by atoms with van der Waals surface area (Å²) in [5, 5.41) is 12.2. The van der Waals surface area contributed by atoms with Gasteiger partial charge < -0.3 is 20.1 Å². The first-order valence-corrected chi connectivity index (χ1v) is 12.1. The van der Waals surface area contributed by atoms with Gasteiger partial charge in [0.1, 0.15) is 11.4 Å². The number of alkyl halides is 1. The average molecular weight is 570 g/mol. The Hall–Kier alpha value is -3.17. The van der Waals surface area contributed by atoms with Gasteiger partial charge in [-0.3, -0.25) is 9.59 Å². The van der Waals surface area contributed by atoms with Crippen molar-refractivity contribution in [3.63, 3.8) is 0 Å². The number of H-pyrrole nitrogens is 3. The van der Waals surface area contributed by atoms with Gasteiger partial charge in [0.25, 0.3) is 5.56 Å². The largest absolute Gasteiger partial charge is 0.506 e. The summed E-state index contributed by atoms with van der Waals surface area (Å²) in [6.07, 6.45) is 5.07. The number of carbonyl (C=O) groups excluding carboxylic acids is 1. The van der Waals surface area contributed by atoms with E-state index in [0.29, 0.717) is 33.4 Å². The van der Waals surface area contributed by atoms with Crippen molar-refractivity contribution in [3.05, 3.63) is 69.3 Å². The molecule has 0 saturated carbocycles. The molecule has 4 N–H and O–H groups in total. The topological polar surface area (TPSA) is 115 Å². The van der Waals surface area contributed by atoms with E-state index < -0.39 is 5.92 Å². The molecule has 33 heavy (non-hydrogen) atoms. The van der Waals surface area contributed by atoms with Gasteiger partial charge in [0.2, 0.25) is 0 Å². The maximum Gasteiger partial charge on any atom is 0.275 e. The minimum Gasteiger partial charge on any atom is -0.506 e. The summed E-state index contributed by atoms with van der Waals surface area (Å²) in [5.74, 6) is -0.316. The molecule has 0 aliphatic heterocycles. The number of aromatic hydroxyl groups is 1. The number of carbonyl (C=O) groups is 1. The molecule has 0 bridgehead atoms. The van der Waals surface area contributed by atoms with Crippen LogP contribution < -0.4 is 5.56 Å². The van der Waals surface area contributed by atoms with E-state index in [4.69, 9.17) is 0 Å². The zero-order valence-corrected chi connectivity index (χ0v) is 20.5. The lowest BCUT2D eigenvalue weighted by Gasteiger charge is -2.13. The fourth-order valence-electron chi connectivity index (χ4n) is 4.15. The van der Waals surface area contributed by atoms with Gasteiger partial charge in [0, 0.05) is 50.2 Å². The molecule has 1 atom stereocenters. The number of Topliss-reactive ketones (excluding diaryl/α,β-unsaturated/α-hetero) is 1. The number of ketones is 1. The Bertz CT molecular complexity index is 1600. The molecule has 9 heteroatoms. The summed E-state index contributed by atoms with van der Waals surface area (Å²) in [7, 11) is 0. The number of fused-ring (bicyclic) bond motifs is 2. The molecule has 2 aromatic carbocycles. The molecule has 0 spiro atoms. The Balaban J connectivity index is 1.66. The van der Waals surface area contributed by atoms with Gasteiger partial charge in [-0.2, -0.15) is 0 Å². The van der Waals surface area contributed by atoms with Gasteiger partial charge in [-0.1, -0.05) is 50.9 Å². The molecule has 5 rings (SSSR count). The monoisotopic (exact) mass is 568 g/mol. The maximum atomic E-state index is 13.1. The summed E-state index contributed by atoms with van der Waals surface area (Å²) < 4.78 is 0.937. The van der Waals surface area contributed by atoms with Crippen molar-refractivity contribution in [2.24, 2.45) is 0 Å². The molecule has 1 unspecified atom stereocenters. The van der Waals surface area contributed by atoms with Gasteiger partial charge in [0.15, 0.2) is 5.78 Å². The van der Waals surface area contributed by atoms with Crippen LogP contribution >= 0.6 is 31.9 Å². The molecule has 0 aliphatic rings. The normalized spacial score (nSPS) is 12.5. The zero-order chi connectivity index (χ0) is 23.3. The van der Waals surface area contributed by atoms with Crippen LogP contribution in [0.5, 0.6) is 5.75 Å². The summed E-state index contributed by atoms with van der Waals surface area (Å²) in [6.45, 7) is 1.83. The third-order valence-corrected chi connectivity index (χ3v) is 6.95. The second-order valence-corrected chi connectivity index (χ2v) is 9.29. The molecule has 3 heterocycles. The number of nitrogens with one attached hydrogen (secondary N) is 3. The van der Waals surface area contributed by atoms with Crippen molar-refractivity contribution in [3.8, 4) is 28.3 Å². The predicted molar refractivity (Wildman–Crippen MR) is 136 cm³/mol. The van der Waals surface area contributed by atoms with E-state index >= 15 is 0 Å². The summed E-state index contributed by atoms with van der Waals surface area (Å²) in [6, 6.07) is 9.09. The van der Waals surface area contributed by atoms with Gasteiger partial charge in [-0.15, -0.1) is 0 Å². The molecule has 0 amide bonds. The van der Waals surface area contributed by atoms with Crippen LogP contribution in [0.15, 0.2) is 58.2 Å². The molecule has 0 radical (unpaired) electrons. The zero-order valence-electron chi connectivity index (χ0n) is 17.4. The molecule has 0 fully saturated rings. The Morgan fingerprint density at radius 3 is 2.70 bits per heavy atom. The van der Waals surface area contributed by atoms with E-state index in [1.54, 1.807) is 30.7 Å². The molecular weight excluding hydrogens is 552 g/mol. The molecule has 3 aromatic heterocycles. The first-order chi connectivity index (χ1) is 15.9. The van der Waals surface area contributed by atoms with Gasteiger partial charge in [-0.05, 0) is 23.8 Å². The highest BCUT2D eigenvalue weighted by atomic mass is 79.9. The van der Waals surface area contributed by atoms with Crippen LogP contribution in [-0.4, -0.2) is 36.2 Å². The minimum absolute atomic E-state index is 0.0158. The molecule has 166 valence electrons. The average Bonchev–Trinajstić information content (AvgIpc) is 3.43. The van der Waals surface area contributed by atoms with Crippen molar-refractivity contribution < 1.29 is 9.90 Å². The third-order valence-electron chi connectivity index (χ3n) is 5.90. The van der Waals surface area contributed by atoms with Crippen LogP contribution in [0.2, 0.25) is 0 Å². The van der Waals surface area contributed by atoms with Gasteiger partial charge in [0.05, 0.1) is 22.7 Å². The van der Waals surface area contributed by atoms with Crippen molar-refractivity contribution >= 4 is 59.4 Å². The number of halogens is 2. The Labute approximate surface area is 204 Å². The smallest absolute Gasteiger partial charge is 0.275 e. The number of benzene rings is 2. The number of hydrogen-bond acceptors (Lipinski definition) is 4. The second-order valence-electron chi connectivity index (χ2n) is 7.81. The standard InChI is InChI=1S/C24H18Br2N4O3/c1-11(20(32)7-25)13-4-5-19(31)23-21(13)16(9-28-23)18-10-29-22(24(33)30-18)15-8-27-17-6-12(26)2-3-14(15)17/h2-6,8-11,27-28,31H,7H2,1H3,(H,30,33). The Kier molecular flexibility index (Phi) is 5.46. The van der Waals surface area contributed by atoms with E-state index in [0.717, 1.165) is 20.9 Å². The van der Waals surface area contributed by atoms with Crippen LogP contribution in [0.1, 0.15) is 18.4 Å².